The summed E-state index contributed by atoms with van der Waals surface area (Å²) in [5.74, 6) is -0.690. The van der Waals surface area contributed by atoms with Gasteiger partial charge in [0.25, 0.3) is 0 Å². The van der Waals surface area contributed by atoms with Crippen LogP contribution in [0.5, 0.6) is 0 Å². The number of urea groups is 1. The van der Waals surface area contributed by atoms with Crippen LogP contribution in [-0.2, 0) is 11.3 Å². The molecule has 2 aromatic rings. The van der Waals surface area contributed by atoms with E-state index in [1.54, 1.807) is 17.4 Å². The number of carboxylic acids is 1. The number of rotatable bonds is 4. The Morgan fingerprint density at radius 2 is 2.19 bits per heavy atom. The SMILES string of the molecule is O=C(NCc1ccccc1-n1ccnc1)N1C[C@@H]2CCC[C@@]2(C(=O)O)C1. The third-order valence-corrected chi connectivity index (χ3v) is 5.79. The molecule has 1 aliphatic heterocycles. The van der Waals surface area contributed by atoms with Gasteiger partial charge in [0.1, 0.15) is 0 Å². The maximum atomic E-state index is 12.6. The van der Waals surface area contributed by atoms with Crippen molar-refractivity contribution in [2.45, 2.75) is 25.8 Å². The van der Waals surface area contributed by atoms with Gasteiger partial charge in [-0.25, -0.2) is 9.78 Å². The Bertz CT molecular complexity index is 820. The minimum Gasteiger partial charge on any atom is -0.481 e. The molecule has 1 saturated carbocycles. The van der Waals surface area contributed by atoms with Gasteiger partial charge in [-0.15, -0.1) is 0 Å². The van der Waals surface area contributed by atoms with E-state index in [0.717, 1.165) is 24.1 Å². The molecular weight excluding hydrogens is 332 g/mol. The predicted molar refractivity (Wildman–Crippen MR) is 94.8 cm³/mol. The van der Waals surface area contributed by atoms with Gasteiger partial charge in [0, 0.05) is 32.0 Å². The number of carbonyl (C=O) groups excluding carboxylic acids is 1. The molecule has 136 valence electrons. The quantitative estimate of drug-likeness (QED) is 0.882. The number of imidazole rings is 1. The number of amides is 2. The fourth-order valence-electron chi connectivity index (χ4n) is 4.39. The van der Waals surface area contributed by atoms with Gasteiger partial charge in [0.05, 0.1) is 17.4 Å². The molecule has 1 aromatic carbocycles. The van der Waals surface area contributed by atoms with Crippen molar-refractivity contribution in [3.05, 3.63) is 48.5 Å². The van der Waals surface area contributed by atoms with Crippen molar-refractivity contribution in [3.8, 4) is 5.69 Å². The molecule has 0 bridgehead atoms. The highest BCUT2D eigenvalue weighted by Crippen LogP contribution is 2.48. The molecule has 2 amide bonds. The fourth-order valence-corrected chi connectivity index (χ4v) is 4.39. The van der Waals surface area contributed by atoms with Crippen molar-refractivity contribution in [2.75, 3.05) is 13.1 Å². The Labute approximate surface area is 151 Å². The van der Waals surface area contributed by atoms with Crippen LogP contribution in [0.1, 0.15) is 24.8 Å². The van der Waals surface area contributed by atoms with Crippen molar-refractivity contribution in [1.82, 2.24) is 19.8 Å². The summed E-state index contributed by atoms with van der Waals surface area (Å²) in [6.45, 7) is 1.22. The second-order valence-corrected chi connectivity index (χ2v) is 7.19. The van der Waals surface area contributed by atoms with E-state index in [2.05, 4.69) is 10.3 Å². The number of likely N-dealkylation sites (tertiary alicyclic amines) is 1. The van der Waals surface area contributed by atoms with E-state index in [-0.39, 0.29) is 11.9 Å². The van der Waals surface area contributed by atoms with E-state index in [4.69, 9.17) is 0 Å². The Morgan fingerprint density at radius 3 is 2.92 bits per heavy atom. The first-order chi connectivity index (χ1) is 12.6. The van der Waals surface area contributed by atoms with Gasteiger partial charge in [0.15, 0.2) is 0 Å². The summed E-state index contributed by atoms with van der Waals surface area (Å²) >= 11 is 0. The van der Waals surface area contributed by atoms with Crippen LogP contribution in [-0.4, -0.2) is 44.6 Å². The molecule has 0 spiro atoms. The van der Waals surface area contributed by atoms with E-state index in [9.17, 15) is 14.7 Å². The molecule has 2 heterocycles. The molecule has 1 saturated heterocycles. The minimum atomic E-state index is -0.763. The van der Waals surface area contributed by atoms with Crippen LogP contribution in [0.2, 0.25) is 0 Å². The summed E-state index contributed by atoms with van der Waals surface area (Å²) in [6, 6.07) is 7.62. The normalized spacial score (nSPS) is 24.5. The highest BCUT2D eigenvalue weighted by atomic mass is 16.4. The summed E-state index contributed by atoms with van der Waals surface area (Å²) in [5, 5.41) is 12.6. The van der Waals surface area contributed by atoms with E-state index in [1.165, 1.54) is 0 Å². The Hall–Kier alpha value is -2.83. The van der Waals surface area contributed by atoms with Crippen LogP contribution in [0.25, 0.3) is 5.69 Å². The first-order valence-corrected chi connectivity index (χ1v) is 8.92. The number of nitrogens with one attached hydrogen (secondary N) is 1. The lowest BCUT2D eigenvalue weighted by Crippen LogP contribution is -2.41. The maximum Gasteiger partial charge on any atom is 0.317 e. The largest absolute Gasteiger partial charge is 0.481 e. The van der Waals surface area contributed by atoms with Gasteiger partial charge in [-0.2, -0.15) is 0 Å². The molecule has 26 heavy (non-hydrogen) atoms. The zero-order valence-corrected chi connectivity index (χ0v) is 14.5. The number of carbonyl (C=O) groups is 2. The third kappa shape index (κ3) is 2.73. The number of aromatic nitrogens is 2. The van der Waals surface area contributed by atoms with Gasteiger partial charge in [-0.3, -0.25) is 4.79 Å². The van der Waals surface area contributed by atoms with Gasteiger partial charge in [-0.1, -0.05) is 24.6 Å². The average molecular weight is 354 g/mol. The Kier molecular flexibility index (Phi) is 4.14. The topological polar surface area (TPSA) is 87.5 Å². The van der Waals surface area contributed by atoms with Gasteiger partial charge < -0.3 is 19.9 Å². The summed E-state index contributed by atoms with van der Waals surface area (Å²) in [7, 11) is 0. The van der Waals surface area contributed by atoms with E-state index in [0.29, 0.717) is 26.1 Å². The van der Waals surface area contributed by atoms with Gasteiger partial charge in [0.2, 0.25) is 0 Å². The number of aliphatic carboxylic acids is 1. The molecular formula is C19H22N4O3. The Balaban J connectivity index is 1.44. The second-order valence-electron chi connectivity index (χ2n) is 7.19. The summed E-state index contributed by atoms with van der Waals surface area (Å²) in [4.78, 5) is 30.1. The molecule has 2 fully saturated rings. The molecule has 1 aromatic heterocycles. The number of fused-ring (bicyclic) bond motifs is 1. The molecule has 4 rings (SSSR count). The van der Waals surface area contributed by atoms with Crippen LogP contribution in [0.15, 0.2) is 43.0 Å². The van der Waals surface area contributed by atoms with Crippen LogP contribution >= 0.6 is 0 Å². The highest BCUT2D eigenvalue weighted by Gasteiger charge is 2.55. The van der Waals surface area contributed by atoms with Crippen LogP contribution in [0.3, 0.4) is 0 Å². The van der Waals surface area contributed by atoms with Crippen LogP contribution < -0.4 is 5.32 Å². The lowest BCUT2D eigenvalue weighted by atomic mass is 9.81. The smallest absolute Gasteiger partial charge is 0.317 e. The molecule has 7 heteroatoms. The number of nitrogens with zero attached hydrogens (tertiary/aromatic N) is 3. The standard InChI is InChI=1S/C19H22N4O3/c24-17(25)19-7-3-5-15(19)11-23(12-19)18(26)21-10-14-4-1-2-6-16(14)22-9-8-20-13-22/h1-2,4,6,8-9,13,15H,3,5,7,10-12H2,(H,21,26)(H,24,25)/t15-,19+/m0/s1. The monoisotopic (exact) mass is 354 g/mol. The van der Waals surface area contributed by atoms with Crippen molar-refractivity contribution in [2.24, 2.45) is 11.3 Å². The zero-order valence-electron chi connectivity index (χ0n) is 14.5. The van der Waals surface area contributed by atoms with Gasteiger partial charge >= 0.3 is 12.0 Å². The Morgan fingerprint density at radius 1 is 1.35 bits per heavy atom. The van der Waals surface area contributed by atoms with Crippen LogP contribution in [0.4, 0.5) is 4.79 Å². The average Bonchev–Trinajstić information content (AvgIpc) is 3.35. The molecule has 2 aliphatic rings. The molecule has 2 N–H and O–H groups in total. The number of benzene rings is 1. The molecule has 1 aliphatic carbocycles. The third-order valence-electron chi connectivity index (χ3n) is 5.79. The van der Waals surface area contributed by atoms with Crippen molar-refractivity contribution < 1.29 is 14.7 Å². The molecule has 2 atom stereocenters. The van der Waals surface area contributed by atoms with E-state index >= 15 is 0 Å². The summed E-state index contributed by atoms with van der Waals surface area (Å²) in [6.07, 6.45) is 7.78. The molecule has 0 unspecified atom stereocenters. The fraction of sp³-hybridized carbons (Fsp3) is 0.421. The second kappa shape index (κ2) is 6.48. The number of hydrogen-bond donors (Lipinski definition) is 2. The number of para-hydroxylation sites is 1. The number of hydrogen-bond acceptors (Lipinski definition) is 3. The van der Waals surface area contributed by atoms with Gasteiger partial charge in [-0.05, 0) is 30.4 Å². The van der Waals surface area contributed by atoms with E-state index in [1.807, 2.05) is 35.0 Å². The van der Waals surface area contributed by atoms with E-state index < -0.39 is 11.4 Å². The minimum absolute atomic E-state index is 0.0731. The first kappa shape index (κ1) is 16.6. The first-order valence-electron chi connectivity index (χ1n) is 8.92. The summed E-state index contributed by atoms with van der Waals surface area (Å²) in [5.41, 5.74) is 1.20. The molecule has 0 radical (unpaired) electrons. The van der Waals surface area contributed by atoms with Crippen molar-refractivity contribution in [3.63, 3.8) is 0 Å². The van der Waals surface area contributed by atoms with Crippen molar-refractivity contribution >= 4 is 12.0 Å². The highest BCUT2D eigenvalue weighted by molar-refractivity contribution is 5.80. The maximum absolute atomic E-state index is 12.6. The number of carboxylic acid groups (broad SMARTS) is 1. The zero-order chi connectivity index (χ0) is 18.1. The summed E-state index contributed by atoms with van der Waals surface area (Å²) < 4.78 is 1.90. The predicted octanol–water partition coefficient (Wildman–Crippen LogP) is 2.27. The lowest BCUT2D eigenvalue weighted by molar-refractivity contribution is -0.149. The lowest BCUT2D eigenvalue weighted by Gasteiger charge is -2.23. The van der Waals surface area contributed by atoms with Crippen LogP contribution in [0, 0.1) is 11.3 Å². The molecule has 7 nitrogen and oxygen atoms in total. The van der Waals surface area contributed by atoms with Crippen molar-refractivity contribution in [1.29, 1.82) is 0 Å².